The smallest absolute Gasteiger partial charge is 0.188 e. The molecule has 1 rings (SSSR count). The van der Waals surface area contributed by atoms with Gasteiger partial charge >= 0.3 is 0 Å². The van der Waals surface area contributed by atoms with Gasteiger partial charge in [-0.1, -0.05) is 6.92 Å². The van der Waals surface area contributed by atoms with E-state index >= 15 is 0 Å². The molecule has 0 aromatic rings. The summed E-state index contributed by atoms with van der Waals surface area (Å²) in [6.45, 7) is 8.01. The summed E-state index contributed by atoms with van der Waals surface area (Å²) in [7, 11) is 1.67. The molecule has 0 saturated carbocycles. The molecule has 100 valence electrons. The predicted molar refractivity (Wildman–Crippen MR) is 71.2 cm³/mol. The van der Waals surface area contributed by atoms with Gasteiger partial charge in [-0.15, -0.1) is 0 Å². The molecule has 1 heterocycles. The first-order valence-corrected chi connectivity index (χ1v) is 6.47. The van der Waals surface area contributed by atoms with Crippen LogP contribution in [0.5, 0.6) is 0 Å². The number of guanidine groups is 1. The van der Waals surface area contributed by atoms with Crippen molar-refractivity contribution in [3.63, 3.8) is 0 Å². The lowest BCUT2D eigenvalue weighted by atomic mass is 10.2. The maximum Gasteiger partial charge on any atom is 0.188 e. The van der Waals surface area contributed by atoms with Crippen molar-refractivity contribution in [1.29, 1.82) is 0 Å². The van der Waals surface area contributed by atoms with Crippen LogP contribution in [0.2, 0.25) is 0 Å². The Morgan fingerprint density at radius 2 is 2.18 bits per heavy atom. The highest BCUT2D eigenvalue weighted by atomic mass is 16.5. The van der Waals surface area contributed by atoms with E-state index in [0.717, 1.165) is 13.1 Å². The first-order valence-electron chi connectivity index (χ1n) is 6.47. The fraction of sp³-hybridized carbons (Fsp3) is 0.917. The molecule has 0 aromatic carbocycles. The van der Waals surface area contributed by atoms with Gasteiger partial charge in [0, 0.05) is 26.7 Å². The fourth-order valence-electron chi connectivity index (χ4n) is 2.05. The van der Waals surface area contributed by atoms with Gasteiger partial charge in [-0.2, -0.15) is 0 Å². The minimum absolute atomic E-state index is 0.523. The Morgan fingerprint density at radius 3 is 2.82 bits per heavy atom. The maximum absolute atomic E-state index is 5.74. The van der Waals surface area contributed by atoms with E-state index in [1.54, 1.807) is 7.11 Å². The Balaban J connectivity index is 2.11. The van der Waals surface area contributed by atoms with Crippen molar-refractivity contribution in [2.45, 2.75) is 19.8 Å². The lowest BCUT2D eigenvalue weighted by molar-refractivity contribution is 0.204. The summed E-state index contributed by atoms with van der Waals surface area (Å²) in [4.78, 5) is 6.85. The number of nitrogens with one attached hydrogen (secondary N) is 1. The summed E-state index contributed by atoms with van der Waals surface area (Å²) in [5, 5.41) is 3.02. The molecule has 1 unspecified atom stereocenters. The van der Waals surface area contributed by atoms with E-state index in [4.69, 9.17) is 10.5 Å². The van der Waals surface area contributed by atoms with E-state index in [9.17, 15) is 0 Å². The van der Waals surface area contributed by atoms with Crippen molar-refractivity contribution in [3.8, 4) is 0 Å². The number of hydrogen-bond donors (Lipinski definition) is 2. The Kier molecular flexibility index (Phi) is 6.96. The molecule has 1 fully saturated rings. The minimum Gasteiger partial charge on any atom is -0.383 e. The number of nitrogens with zero attached hydrogens (tertiary/aromatic N) is 2. The molecule has 0 bridgehead atoms. The van der Waals surface area contributed by atoms with Crippen LogP contribution in [-0.4, -0.2) is 57.3 Å². The van der Waals surface area contributed by atoms with Crippen molar-refractivity contribution >= 4 is 5.96 Å². The zero-order chi connectivity index (χ0) is 12.5. The van der Waals surface area contributed by atoms with Gasteiger partial charge in [0.05, 0.1) is 6.61 Å². The molecule has 0 aromatic heterocycles. The summed E-state index contributed by atoms with van der Waals surface area (Å²) in [5.74, 6) is 1.09. The molecule has 1 atom stereocenters. The number of ether oxygens (including phenoxy) is 1. The highest BCUT2D eigenvalue weighted by Gasteiger charge is 2.14. The van der Waals surface area contributed by atoms with E-state index in [0.29, 0.717) is 25.0 Å². The van der Waals surface area contributed by atoms with Crippen molar-refractivity contribution in [3.05, 3.63) is 0 Å². The molecule has 0 amide bonds. The summed E-state index contributed by atoms with van der Waals surface area (Å²) < 4.78 is 4.93. The van der Waals surface area contributed by atoms with Gasteiger partial charge in [0.15, 0.2) is 5.96 Å². The van der Waals surface area contributed by atoms with Gasteiger partial charge in [0.2, 0.25) is 0 Å². The third-order valence-corrected chi connectivity index (χ3v) is 2.95. The summed E-state index contributed by atoms with van der Waals surface area (Å²) in [6.07, 6.45) is 2.69. The summed E-state index contributed by atoms with van der Waals surface area (Å²) in [6, 6.07) is 0. The van der Waals surface area contributed by atoms with Gasteiger partial charge in [0.25, 0.3) is 0 Å². The minimum atomic E-state index is 0.523. The fourth-order valence-corrected chi connectivity index (χ4v) is 2.05. The molecule has 17 heavy (non-hydrogen) atoms. The number of methoxy groups -OCH3 is 1. The number of aliphatic imine (C=N–C) groups is 1. The Labute approximate surface area is 104 Å². The molecule has 5 heteroatoms. The number of likely N-dealkylation sites (tertiary alicyclic amines) is 1. The van der Waals surface area contributed by atoms with Crippen molar-refractivity contribution in [2.24, 2.45) is 16.6 Å². The molecule has 0 aliphatic carbocycles. The normalized spacial score (nSPS) is 19.5. The van der Waals surface area contributed by atoms with Gasteiger partial charge in [-0.25, -0.2) is 0 Å². The number of rotatable bonds is 7. The average Bonchev–Trinajstić information content (AvgIpc) is 2.79. The number of hydrogen-bond acceptors (Lipinski definition) is 3. The van der Waals surface area contributed by atoms with E-state index in [1.165, 1.54) is 25.9 Å². The van der Waals surface area contributed by atoms with E-state index in [-0.39, 0.29) is 0 Å². The maximum atomic E-state index is 5.74. The van der Waals surface area contributed by atoms with Crippen LogP contribution in [0.25, 0.3) is 0 Å². The molecule has 1 saturated heterocycles. The standard InChI is InChI=1S/C12H26N4O/c1-11(10-16-6-3-4-7-16)9-15-12(13)14-5-8-17-2/h11H,3-10H2,1-2H3,(H3,13,14,15). The van der Waals surface area contributed by atoms with Crippen LogP contribution < -0.4 is 11.1 Å². The van der Waals surface area contributed by atoms with Crippen LogP contribution in [0.1, 0.15) is 19.8 Å². The topological polar surface area (TPSA) is 62.9 Å². The van der Waals surface area contributed by atoms with Crippen LogP contribution in [0.15, 0.2) is 4.99 Å². The molecule has 1 aliphatic rings. The Bertz CT molecular complexity index is 227. The zero-order valence-corrected chi connectivity index (χ0v) is 11.1. The summed E-state index contributed by atoms with van der Waals surface area (Å²) >= 11 is 0. The lowest BCUT2D eigenvalue weighted by Crippen LogP contribution is -2.35. The number of nitrogens with two attached hydrogens (primary N) is 1. The Morgan fingerprint density at radius 1 is 1.47 bits per heavy atom. The second-order valence-electron chi connectivity index (χ2n) is 4.76. The van der Waals surface area contributed by atoms with Gasteiger partial charge in [0.1, 0.15) is 0 Å². The van der Waals surface area contributed by atoms with Crippen LogP contribution in [0.4, 0.5) is 0 Å². The Hall–Kier alpha value is -0.810. The monoisotopic (exact) mass is 242 g/mol. The molecular formula is C12H26N4O. The largest absolute Gasteiger partial charge is 0.383 e. The molecule has 5 nitrogen and oxygen atoms in total. The molecule has 0 spiro atoms. The zero-order valence-electron chi connectivity index (χ0n) is 11.1. The van der Waals surface area contributed by atoms with Crippen molar-refractivity contribution in [1.82, 2.24) is 10.2 Å². The van der Waals surface area contributed by atoms with Crippen LogP contribution in [0.3, 0.4) is 0 Å². The van der Waals surface area contributed by atoms with E-state index in [1.807, 2.05) is 0 Å². The molecule has 0 radical (unpaired) electrons. The molecular weight excluding hydrogens is 216 g/mol. The highest BCUT2D eigenvalue weighted by molar-refractivity contribution is 5.77. The van der Waals surface area contributed by atoms with E-state index < -0.39 is 0 Å². The third-order valence-electron chi connectivity index (χ3n) is 2.95. The summed E-state index contributed by atoms with van der Waals surface area (Å²) in [5.41, 5.74) is 5.74. The SMILES string of the molecule is COCCNC(N)=NCC(C)CN1CCCC1. The second kappa shape index (κ2) is 8.31. The van der Waals surface area contributed by atoms with Gasteiger partial charge < -0.3 is 20.7 Å². The van der Waals surface area contributed by atoms with Crippen LogP contribution in [-0.2, 0) is 4.74 Å². The van der Waals surface area contributed by atoms with Gasteiger partial charge in [-0.05, 0) is 31.8 Å². The lowest BCUT2D eigenvalue weighted by Gasteiger charge is -2.18. The quantitative estimate of drug-likeness (QED) is 0.382. The third kappa shape index (κ3) is 6.48. The first-order chi connectivity index (χ1) is 8.22. The average molecular weight is 242 g/mol. The van der Waals surface area contributed by atoms with E-state index in [2.05, 4.69) is 22.1 Å². The van der Waals surface area contributed by atoms with Crippen molar-refractivity contribution < 1.29 is 4.74 Å². The van der Waals surface area contributed by atoms with Crippen molar-refractivity contribution in [2.75, 3.05) is 46.4 Å². The second-order valence-corrected chi connectivity index (χ2v) is 4.76. The highest BCUT2D eigenvalue weighted by Crippen LogP contribution is 2.10. The van der Waals surface area contributed by atoms with Crippen LogP contribution >= 0.6 is 0 Å². The van der Waals surface area contributed by atoms with Crippen LogP contribution in [0, 0.1) is 5.92 Å². The molecule has 1 aliphatic heterocycles. The first kappa shape index (κ1) is 14.3. The predicted octanol–water partition coefficient (Wildman–Crippen LogP) is 0.269. The van der Waals surface area contributed by atoms with Gasteiger partial charge in [-0.3, -0.25) is 4.99 Å². The molecule has 3 N–H and O–H groups in total.